The first kappa shape index (κ1) is 48.3. The zero-order valence-corrected chi connectivity index (χ0v) is 38.8. The third kappa shape index (κ3) is 13.4. The highest BCUT2D eigenvalue weighted by molar-refractivity contribution is 6.29. The molecule has 2 aliphatic rings. The molecule has 346 valence electrons. The third-order valence-electron chi connectivity index (χ3n) is 11.8. The highest BCUT2D eigenvalue weighted by Crippen LogP contribution is 2.32. The molecule has 12 heteroatoms. The van der Waals surface area contributed by atoms with Crippen molar-refractivity contribution < 1.29 is 38.0 Å². The molecule has 0 amide bonds. The van der Waals surface area contributed by atoms with Crippen LogP contribution in [0, 0.1) is 11.8 Å². The second kappa shape index (κ2) is 24.8. The summed E-state index contributed by atoms with van der Waals surface area (Å²) in [7, 11) is 3.30. The lowest BCUT2D eigenvalue weighted by Gasteiger charge is -2.42. The van der Waals surface area contributed by atoms with Crippen LogP contribution in [0.3, 0.4) is 0 Å². The van der Waals surface area contributed by atoms with Gasteiger partial charge in [0.05, 0.1) is 52.6 Å². The Morgan fingerprint density at radius 3 is 1.19 bits per heavy atom. The fourth-order valence-electron chi connectivity index (χ4n) is 8.68. The number of esters is 2. The van der Waals surface area contributed by atoms with Crippen LogP contribution in [0.15, 0.2) is 109 Å². The van der Waals surface area contributed by atoms with Crippen LogP contribution in [-0.2, 0) is 41.6 Å². The van der Waals surface area contributed by atoms with Gasteiger partial charge in [-0.2, -0.15) is 0 Å². The Morgan fingerprint density at radius 1 is 0.500 bits per heavy atom. The number of carbonyl (C=O) groups is 2. The molecule has 2 saturated heterocycles. The van der Waals surface area contributed by atoms with E-state index in [0.29, 0.717) is 49.6 Å². The van der Waals surface area contributed by atoms with Gasteiger partial charge in [0.2, 0.25) is 0 Å². The molecular formula is C52H70N4O8. The zero-order valence-electron chi connectivity index (χ0n) is 38.8. The van der Waals surface area contributed by atoms with Gasteiger partial charge in [0.1, 0.15) is 11.5 Å². The molecule has 6 rings (SSSR count). The summed E-state index contributed by atoms with van der Waals surface area (Å²) in [6.07, 6.45) is 2.09. The summed E-state index contributed by atoms with van der Waals surface area (Å²) in [5, 5.41) is 0. The van der Waals surface area contributed by atoms with Crippen molar-refractivity contribution >= 4 is 23.3 Å². The van der Waals surface area contributed by atoms with E-state index >= 15 is 0 Å². The first-order valence-corrected chi connectivity index (χ1v) is 23.1. The summed E-state index contributed by atoms with van der Waals surface area (Å²) < 4.78 is 37.7. The molecule has 12 nitrogen and oxygen atoms in total. The van der Waals surface area contributed by atoms with Gasteiger partial charge in [0.15, 0.2) is 12.5 Å². The summed E-state index contributed by atoms with van der Waals surface area (Å²) in [4.78, 5) is 38.5. The Morgan fingerprint density at radius 2 is 0.844 bits per heavy atom. The number of benzene rings is 4. The molecule has 4 aromatic carbocycles. The van der Waals surface area contributed by atoms with Gasteiger partial charge in [0.25, 0.3) is 0 Å². The molecule has 0 saturated carbocycles. The molecule has 0 bridgehead atoms. The summed E-state index contributed by atoms with van der Waals surface area (Å²) in [5.41, 5.74) is 3.42. The average molecular weight is 879 g/mol. The van der Waals surface area contributed by atoms with E-state index in [9.17, 15) is 9.59 Å². The molecule has 4 aromatic rings. The first-order valence-electron chi connectivity index (χ1n) is 23.1. The van der Waals surface area contributed by atoms with E-state index in [1.165, 1.54) is 0 Å². The Hall–Kier alpha value is -5.14. The van der Waals surface area contributed by atoms with Crippen molar-refractivity contribution in [1.29, 1.82) is 0 Å². The number of ether oxygens (including phenoxy) is 6. The van der Waals surface area contributed by atoms with Gasteiger partial charge < -0.3 is 38.2 Å². The smallest absolute Gasteiger partial charge is 0.419 e. The fraction of sp³-hybridized carbons (Fsp3) is 0.500. The molecule has 2 heterocycles. The van der Waals surface area contributed by atoms with Crippen LogP contribution in [0.25, 0.3) is 0 Å². The van der Waals surface area contributed by atoms with Crippen LogP contribution in [0.4, 0.5) is 11.4 Å². The molecule has 4 unspecified atom stereocenters. The highest BCUT2D eigenvalue weighted by Gasteiger charge is 2.42. The maximum atomic E-state index is 14.9. The number of likely N-dealkylation sites (tertiary alicyclic amines) is 2. The predicted octanol–water partition coefficient (Wildman–Crippen LogP) is 8.43. The standard InChI is InChI=1S/C52H70N4O8/c1-39(2)35-61-37-45(53-29-17-18-30-53)49(55(43-23-9-7-10-24-43)33-41-21-13-15-27-47(41)59-5)63-51(57)52(58)64-50(46(38-62-36-40(3)4)54-31-19-20-32-54)56(44-25-11-8-12-26-44)34-42-22-14-16-28-48(42)60-6/h7-16,21-28,39-40,45-46,49-50H,17-20,29-38H2,1-6H3. The number of hydrogen-bond acceptors (Lipinski definition) is 12. The van der Waals surface area contributed by atoms with Crippen molar-refractivity contribution in [1.82, 2.24) is 9.80 Å². The van der Waals surface area contributed by atoms with E-state index in [1.54, 1.807) is 14.2 Å². The molecule has 64 heavy (non-hydrogen) atoms. The normalized spacial score (nSPS) is 16.3. The summed E-state index contributed by atoms with van der Waals surface area (Å²) in [5.74, 6) is -0.179. The number of carbonyl (C=O) groups excluding carboxylic acids is 2. The maximum Gasteiger partial charge on any atom is 0.419 e. The third-order valence-corrected chi connectivity index (χ3v) is 11.8. The van der Waals surface area contributed by atoms with Crippen molar-refractivity contribution in [3.63, 3.8) is 0 Å². The fourth-order valence-corrected chi connectivity index (χ4v) is 8.68. The van der Waals surface area contributed by atoms with Crippen LogP contribution < -0.4 is 19.3 Å². The molecule has 4 atom stereocenters. The van der Waals surface area contributed by atoms with Gasteiger partial charge in [-0.15, -0.1) is 0 Å². The molecule has 0 aliphatic carbocycles. The molecular weight excluding hydrogens is 809 g/mol. The first-order chi connectivity index (χ1) is 31.2. The van der Waals surface area contributed by atoms with Crippen LogP contribution in [0.2, 0.25) is 0 Å². The lowest BCUT2D eigenvalue weighted by molar-refractivity contribution is -0.179. The molecule has 0 spiro atoms. The predicted molar refractivity (Wildman–Crippen MR) is 252 cm³/mol. The minimum atomic E-state index is -1.09. The number of rotatable bonds is 24. The van der Waals surface area contributed by atoms with Crippen LogP contribution in [-0.4, -0.2) is 113 Å². The van der Waals surface area contributed by atoms with Crippen molar-refractivity contribution in [2.75, 3.05) is 76.6 Å². The Bertz CT molecular complexity index is 1850. The lowest BCUT2D eigenvalue weighted by Crippen LogP contribution is -2.57. The quantitative estimate of drug-likeness (QED) is 0.0384. The van der Waals surface area contributed by atoms with E-state index in [2.05, 4.69) is 37.5 Å². The minimum Gasteiger partial charge on any atom is -0.496 e. The Kier molecular flexibility index (Phi) is 18.7. The summed E-state index contributed by atoms with van der Waals surface area (Å²) >= 11 is 0. The van der Waals surface area contributed by atoms with Crippen molar-refractivity contribution in [3.8, 4) is 11.5 Å². The molecule has 0 radical (unpaired) electrons. The van der Waals surface area contributed by atoms with Crippen LogP contribution in [0.5, 0.6) is 11.5 Å². The van der Waals surface area contributed by atoms with E-state index in [-0.39, 0.29) is 13.2 Å². The minimum absolute atomic E-state index is 0.286. The summed E-state index contributed by atoms with van der Waals surface area (Å²) in [6, 6.07) is 34.5. The number of methoxy groups -OCH3 is 2. The maximum absolute atomic E-state index is 14.9. The van der Waals surface area contributed by atoms with E-state index < -0.39 is 36.5 Å². The zero-order chi connectivity index (χ0) is 45.3. The largest absolute Gasteiger partial charge is 0.496 e. The summed E-state index contributed by atoms with van der Waals surface area (Å²) in [6.45, 7) is 13.9. The lowest BCUT2D eigenvalue weighted by atomic mass is 10.1. The highest BCUT2D eigenvalue weighted by atomic mass is 16.6. The monoisotopic (exact) mass is 879 g/mol. The SMILES string of the molecule is COc1ccccc1CN(c1ccccc1)C(OC(=O)C(=O)OC(C(COCC(C)C)N1CCCC1)N(Cc1ccccc1OC)c1ccccc1)C(COCC(C)C)N1CCCC1. The van der Waals surface area contributed by atoms with E-state index in [1.807, 2.05) is 119 Å². The van der Waals surface area contributed by atoms with Gasteiger partial charge in [-0.05, 0) is 100 Å². The second-order valence-corrected chi connectivity index (χ2v) is 17.6. The number of nitrogens with zero attached hydrogens (tertiary/aromatic N) is 4. The molecule has 0 aromatic heterocycles. The van der Waals surface area contributed by atoms with Gasteiger partial charge in [-0.25, -0.2) is 9.59 Å². The Balaban J connectivity index is 1.42. The molecule has 2 fully saturated rings. The Labute approximate surface area is 381 Å². The molecule has 2 aliphatic heterocycles. The van der Waals surface area contributed by atoms with Crippen molar-refractivity contribution in [2.24, 2.45) is 11.8 Å². The van der Waals surface area contributed by atoms with Gasteiger partial charge in [0, 0.05) is 35.7 Å². The van der Waals surface area contributed by atoms with Gasteiger partial charge in [-0.3, -0.25) is 9.80 Å². The number of hydrogen-bond donors (Lipinski definition) is 0. The number of para-hydroxylation sites is 4. The van der Waals surface area contributed by atoms with Crippen LogP contribution in [0.1, 0.15) is 64.5 Å². The van der Waals surface area contributed by atoms with Gasteiger partial charge in [-0.1, -0.05) is 100 Å². The van der Waals surface area contributed by atoms with E-state index in [0.717, 1.165) is 74.4 Å². The topological polar surface area (TPSA) is 102 Å². The van der Waals surface area contributed by atoms with Crippen molar-refractivity contribution in [3.05, 3.63) is 120 Å². The number of anilines is 2. The van der Waals surface area contributed by atoms with E-state index in [4.69, 9.17) is 28.4 Å². The van der Waals surface area contributed by atoms with Gasteiger partial charge >= 0.3 is 11.9 Å². The van der Waals surface area contributed by atoms with Crippen molar-refractivity contribution in [2.45, 2.75) is 91.0 Å². The molecule has 0 N–H and O–H groups in total. The average Bonchev–Trinajstić information content (AvgIpc) is 4.06. The second-order valence-electron chi connectivity index (χ2n) is 17.6. The van der Waals surface area contributed by atoms with Crippen LogP contribution >= 0.6 is 0 Å².